The third-order valence-corrected chi connectivity index (χ3v) is 3.66. The number of halogens is 1. The maximum atomic E-state index is 12.9. The second-order valence-corrected chi connectivity index (χ2v) is 4.93. The van der Waals surface area contributed by atoms with Gasteiger partial charge < -0.3 is 5.32 Å². The van der Waals surface area contributed by atoms with Crippen molar-refractivity contribution in [3.63, 3.8) is 0 Å². The lowest BCUT2D eigenvalue weighted by molar-refractivity contribution is 0.392. The molecule has 0 bridgehead atoms. The smallest absolute Gasteiger partial charge is 0.123 e. The van der Waals surface area contributed by atoms with Crippen LogP contribution in [0.15, 0.2) is 24.3 Å². The van der Waals surface area contributed by atoms with Crippen LogP contribution in [0.1, 0.15) is 31.7 Å². The van der Waals surface area contributed by atoms with Crippen molar-refractivity contribution in [2.75, 3.05) is 6.54 Å². The molecule has 0 aromatic heterocycles. The molecule has 0 spiro atoms. The first-order valence-electron chi connectivity index (χ1n) is 6.21. The van der Waals surface area contributed by atoms with Crippen LogP contribution in [0.3, 0.4) is 0 Å². The fourth-order valence-corrected chi connectivity index (χ4v) is 2.57. The highest BCUT2D eigenvalue weighted by molar-refractivity contribution is 5.15. The second kappa shape index (κ2) is 5.44. The molecule has 1 aliphatic carbocycles. The maximum absolute atomic E-state index is 12.9. The molecule has 2 unspecified atom stereocenters. The summed E-state index contributed by atoms with van der Waals surface area (Å²) in [6.45, 7) is 4.18. The Kier molecular flexibility index (Phi) is 3.94. The lowest BCUT2D eigenvalue weighted by Gasteiger charge is -2.15. The van der Waals surface area contributed by atoms with Crippen LogP contribution < -0.4 is 5.32 Å². The molecular formula is C14H20FN. The molecular weight excluding hydrogens is 201 g/mol. The zero-order valence-corrected chi connectivity index (χ0v) is 9.88. The van der Waals surface area contributed by atoms with Gasteiger partial charge in [0.25, 0.3) is 0 Å². The van der Waals surface area contributed by atoms with Crippen molar-refractivity contribution in [2.45, 2.75) is 32.7 Å². The molecule has 1 nitrogen and oxygen atoms in total. The third-order valence-electron chi connectivity index (χ3n) is 3.66. The van der Waals surface area contributed by atoms with E-state index in [1.807, 2.05) is 6.07 Å². The minimum absolute atomic E-state index is 0.145. The van der Waals surface area contributed by atoms with E-state index < -0.39 is 0 Å². The Morgan fingerprint density at radius 3 is 2.94 bits per heavy atom. The first kappa shape index (κ1) is 11.6. The van der Waals surface area contributed by atoms with Gasteiger partial charge in [-0.2, -0.15) is 0 Å². The van der Waals surface area contributed by atoms with Crippen molar-refractivity contribution in [3.05, 3.63) is 35.6 Å². The van der Waals surface area contributed by atoms with Crippen molar-refractivity contribution < 1.29 is 4.39 Å². The highest BCUT2D eigenvalue weighted by Crippen LogP contribution is 2.30. The Labute approximate surface area is 97.1 Å². The summed E-state index contributed by atoms with van der Waals surface area (Å²) in [4.78, 5) is 0. The summed E-state index contributed by atoms with van der Waals surface area (Å²) in [5.41, 5.74) is 1.03. The molecule has 1 aliphatic rings. The summed E-state index contributed by atoms with van der Waals surface area (Å²) in [6, 6.07) is 6.83. The number of rotatable bonds is 4. The molecule has 2 heteroatoms. The topological polar surface area (TPSA) is 12.0 Å². The van der Waals surface area contributed by atoms with E-state index in [1.54, 1.807) is 12.1 Å². The highest BCUT2D eigenvalue weighted by Gasteiger charge is 2.22. The maximum Gasteiger partial charge on any atom is 0.123 e. The van der Waals surface area contributed by atoms with E-state index >= 15 is 0 Å². The first-order valence-corrected chi connectivity index (χ1v) is 6.21. The first-order chi connectivity index (χ1) is 7.75. The molecule has 1 aromatic rings. The van der Waals surface area contributed by atoms with E-state index in [2.05, 4.69) is 12.2 Å². The summed E-state index contributed by atoms with van der Waals surface area (Å²) in [5, 5.41) is 3.43. The van der Waals surface area contributed by atoms with Gasteiger partial charge in [-0.25, -0.2) is 4.39 Å². The predicted molar refractivity (Wildman–Crippen MR) is 64.6 cm³/mol. The zero-order valence-electron chi connectivity index (χ0n) is 9.88. The molecule has 1 saturated carbocycles. The highest BCUT2D eigenvalue weighted by atomic mass is 19.1. The van der Waals surface area contributed by atoms with E-state index in [4.69, 9.17) is 0 Å². The third kappa shape index (κ3) is 3.05. The minimum Gasteiger partial charge on any atom is -0.312 e. The lowest BCUT2D eigenvalue weighted by atomic mass is 9.98. The molecule has 0 saturated heterocycles. The lowest BCUT2D eigenvalue weighted by Crippen LogP contribution is -2.23. The summed E-state index contributed by atoms with van der Waals surface area (Å²) < 4.78 is 12.9. The minimum atomic E-state index is -0.145. The van der Waals surface area contributed by atoms with Crippen LogP contribution in [0, 0.1) is 17.7 Å². The quantitative estimate of drug-likeness (QED) is 0.822. The van der Waals surface area contributed by atoms with E-state index in [-0.39, 0.29) is 5.82 Å². The second-order valence-electron chi connectivity index (χ2n) is 4.93. The fourth-order valence-electron chi connectivity index (χ4n) is 2.57. The van der Waals surface area contributed by atoms with E-state index in [0.717, 1.165) is 30.5 Å². The Bertz CT molecular complexity index is 337. The fraction of sp³-hybridized carbons (Fsp3) is 0.571. The number of nitrogens with one attached hydrogen (secondary N) is 1. The van der Waals surface area contributed by atoms with Gasteiger partial charge in [0.05, 0.1) is 0 Å². The van der Waals surface area contributed by atoms with Crippen LogP contribution in [-0.4, -0.2) is 6.54 Å². The van der Waals surface area contributed by atoms with Crippen LogP contribution in [0.25, 0.3) is 0 Å². The predicted octanol–water partition coefficient (Wildman–Crippen LogP) is 3.35. The molecule has 2 atom stereocenters. The van der Waals surface area contributed by atoms with Gasteiger partial charge in [0.1, 0.15) is 5.82 Å². The van der Waals surface area contributed by atoms with Gasteiger partial charge in [0, 0.05) is 6.54 Å². The van der Waals surface area contributed by atoms with Crippen molar-refractivity contribution in [2.24, 2.45) is 11.8 Å². The average molecular weight is 221 g/mol. The number of benzene rings is 1. The average Bonchev–Trinajstić information content (AvgIpc) is 2.65. The summed E-state index contributed by atoms with van der Waals surface area (Å²) in [5.74, 6) is 1.52. The van der Waals surface area contributed by atoms with Crippen molar-refractivity contribution >= 4 is 0 Å². The summed E-state index contributed by atoms with van der Waals surface area (Å²) in [7, 11) is 0. The van der Waals surface area contributed by atoms with Crippen molar-refractivity contribution in [1.82, 2.24) is 5.32 Å². The van der Waals surface area contributed by atoms with Crippen molar-refractivity contribution in [1.29, 1.82) is 0 Å². The van der Waals surface area contributed by atoms with Gasteiger partial charge in [-0.1, -0.05) is 31.9 Å². The molecule has 0 aliphatic heterocycles. The summed E-state index contributed by atoms with van der Waals surface area (Å²) in [6.07, 6.45) is 4.08. The molecule has 0 heterocycles. The molecule has 0 radical (unpaired) electrons. The monoisotopic (exact) mass is 221 g/mol. The van der Waals surface area contributed by atoms with Gasteiger partial charge in [0.2, 0.25) is 0 Å². The van der Waals surface area contributed by atoms with Gasteiger partial charge >= 0.3 is 0 Å². The Balaban J connectivity index is 1.75. The molecule has 1 aromatic carbocycles. The standard InChI is InChI=1S/C14H20FN/c1-11-4-2-6-13(11)10-16-9-12-5-3-7-14(15)8-12/h3,5,7-8,11,13,16H,2,4,6,9-10H2,1H3. The Morgan fingerprint density at radius 1 is 1.38 bits per heavy atom. The molecule has 1 fully saturated rings. The van der Waals surface area contributed by atoms with Crippen LogP contribution >= 0.6 is 0 Å². The number of hydrogen-bond acceptors (Lipinski definition) is 1. The SMILES string of the molecule is CC1CCCC1CNCc1cccc(F)c1. The molecule has 0 amide bonds. The van der Waals surface area contributed by atoms with E-state index in [9.17, 15) is 4.39 Å². The molecule has 88 valence electrons. The number of hydrogen-bond donors (Lipinski definition) is 1. The van der Waals surface area contributed by atoms with Gasteiger partial charge in [-0.05, 0) is 42.5 Å². The van der Waals surface area contributed by atoms with Gasteiger partial charge in [0.15, 0.2) is 0 Å². The van der Waals surface area contributed by atoms with Crippen LogP contribution in [0.5, 0.6) is 0 Å². The molecule has 2 rings (SSSR count). The van der Waals surface area contributed by atoms with Crippen LogP contribution in [-0.2, 0) is 6.54 Å². The Morgan fingerprint density at radius 2 is 2.25 bits per heavy atom. The molecule has 16 heavy (non-hydrogen) atoms. The van der Waals surface area contributed by atoms with Crippen molar-refractivity contribution in [3.8, 4) is 0 Å². The Hall–Kier alpha value is -0.890. The molecule has 1 N–H and O–H groups in total. The normalized spacial score (nSPS) is 24.9. The van der Waals surface area contributed by atoms with Gasteiger partial charge in [-0.3, -0.25) is 0 Å². The van der Waals surface area contributed by atoms with Crippen LogP contribution in [0.2, 0.25) is 0 Å². The largest absolute Gasteiger partial charge is 0.312 e. The summed E-state index contributed by atoms with van der Waals surface area (Å²) >= 11 is 0. The van der Waals surface area contributed by atoms with Crippen LogP contribution in [0.4, 0.5) is 4.39 Å². The van der Waals surface area contributed by atoms with Gasteiger partial charge in [-0.15, -0.1) is 0 Å². The van der Waals surface area contributed by atoms with E-state index in [1.165, 1.54) is 25.3 Å². The van der Waals surface area contributed by atoms with E-state index in [0.29, 0.717) is 0 Å². The zero-order chi connectivity index (χ0) is 11.4.